The number of halogens is 1. The van der Waals surface area contributed by atoms with Crippen molar-refractivity contribution in [3.8, 4) is 0 Å². The Balaban J connectivity index is 2.54. The molecule has 0 fully saturated rings. The number of sulfonamides is 1. The lowest BCUT2D eigenvalue weighted by molar-refractivity contribution is 0.565. The predicted molar refractivity (Wildman–Crippen MR) is 77.6 cm³/mol. The molecular formula is C14H15FN2O2S. The summed E-state index contributed by atoms with van der Waals surface area (Å²) in [5, 5.41) is 0. The summed E-state index contributed by atoms with van der Waals surface area (Å²) < 4.78 is 39.9. The largest absolute Gasteiger partial charge is 0.398 e. The van der Waals surface area contributed by atoms with E-state index in [1.165, 1.54) is 7.05 Å². The molecule has 0 aliphatic heterocycles. The number of nitrogens with two attached hydrogens (primary N) is 1. The average Bonchev–Trinajstić information content (AvgIpc) is 2.42. The molecule has 0 amide bonds. The summed E-state index contributed by atoms with van der Waals surface area (Å²) in [7, 11) is -2.61. The molecule has 2 aromatic rings. The van der Waals surface area contributed by atoms with Gasteiger partial charge < -0.3 is 5.73 Å². The van der Waals surface area contributed by atoms with Gasteiger partial charge in [-0.05, 0) is 36.8 Å². The van der Waals surface area contributed by atoms with Crippen LogP contribution in [-0.2, 0) is 10.0 Å². The molecule has 0 aliphatic rings. The fraction of sp³-hybridized carbons (Fsp3) is 0.143. The van der Waals surface area contributed by atoms with Crippen LogP contribution in [0.2, 0.25) is 0 Å². The zero-order valence-corrected chi connectivity index (χ0v) is 12.0. The van der Waals surface area contributed by atoms with E-state index in [1.807, 2.05) is 0 Å². The van der Waals surface area contributed by atoms with Gasteiger partial charge in [-0.1, -0.05) is 18.2 Å². The van der Waals surface area contributed by atoms with Crippen LogP contribution >= 0.6 is 0 Å². The highest BCUT2D eigenvalue weighted by atomic mass is 32.2. The Labute approximate surface area is 117 Å². The minimum Gasteiger partial charge on any atom is -0.398 e. The molecule has 106 valence electrons. The van der Waals surface area contributed by atoms with Crippen LogP contribution in [0.4, 0.5) is 15.8 Å². The van der Waals surface area contributed by atoms with Crippen LogP contribution in [0.5, 0.6) is 0 Å². The number of benzene rings is 2. The summed E-state index contributed by atoms with van der Waals surface area (Å²) in [5.74, 6) is -0.806. The van der Waals surface area contributed by atoms with E-state index in [1.54, 1.807) is 37.3 Å². The monoisotopic (exact) mass is 294 g/mol. The van der Waals surface area contributed by atoms with Crippen molar-refractivity contribution in [3.63, 3.8) is 0 Å². The van der Waals surface area contributed by atoms with Crippen molar-refractivity contribution in [2.75, 3.05) is 17.1 Å². The molecule has 0 saturated heterocycles. The first kappa shape index (κ1) is 14.3. The first-order valence-electron chi connectivity index (χ1n) is 5.93. The van der Waals surface area contributed by atoms with Gasteiger partial charge in [0.15, 0.2) is 0 Å². The smallest absolute Gasteiger partial charge is 0.267 e. The van der Waals surface area contributed by atoms with Gasteiger partial charge in [-0.2, -0.15) is 0 Å². The Morgan fingerprint density at radius 3 is 2.35 bits per heavy atom. The number of hydrogen-bond acceptors (Lipinski definition) is 3. The van der Waals surface area contributed by atoms with Crippen LogP contribution in [0, 0.1) is 12.7 Å². The van der Waals surface area contributed by atoms with Crippen LogP contribution in [0.25, 0.3) is 0 Å². The molecule has 20 heavy (non-hydrogen) atoms. The maximum Gasteiger partial charge on any atom is 0.267 e. The standard InChI is InChI=1S/C14H15FN2O2S/c1-10-8-12(15)14(9-13(10)16)20(18,19)17(2)11-6-4-3-5-7-11/h3-9H,16H2,1-2H3. The number of nitrogens with zero attached hydrogens (tertiary/aromatic N) is 1. The normalized spacial score (nSPS) is 11.3. The van der Waals surface area contributed by atoms with Gasteiger partial charge in [0.2, 0.25) is 0 Å². The van der Waals surface area contributed by atoms with E-state index in [0.29, 0.717) is 11.3 Å². The minimum atomic E-state index is -3.98. The van der Waals surface area contributed by atoms with Gasteiger partial charge in [0.05, 0.1) is 5.69 Å². The second-order valence-corrected chi connectivity index (χ2v) is 6.38. The number of anilines is 2. The van der Waals surface area contributed by atoms with Crippen molar-refractivity contribution in [2.45, 2.75) is 11.8 Å². The Morgan fingerprint density at radius 1 is 1.15 bits per heavy atom. The van der Waals surface area contributed by atoms with E-state index >= 15 is 0 Å². The van der Waals surface area contributed by atoms with Crippen molar-refractivity contribution in [3.05, 3.63) is 53.8 Å². The van der Waals surface area contributed by atoms with Gasteiger partial charge in [-0.3, -0.25) is 4.31 Å². The lowest BCUT2D eigenvalue weighted by Crippen LogP contribution is -2.27. The van der Waals surface area contributed by atoms with Crippen LogP contribution in [-0.4, -0.2) is 15.5 Å². The molecule has 0 radical (unpaired) electrons. The second-order valence-electron chi connectivity index (χ2n) is 4.45. The van der Waals surface area contributed by atoms with Crippen molar-refractivity contribution in [2.24, 2.45) is 0 Å². The third kappa shape index (κ3) is 2.46. The van der Waals surface area contributed by atoms with Crippen molar-refractivity contribution in [1.29, 1.82) is 0 Å². The number of rotatable bonds is 3. The predicted octanol–water partition coefficient (Wildman–Crippen LogP) is 2.54. The molecule has 0 aliphatic carbocycles. The van der Waals surface area contributed by atoms with Crippen molar-refractivity contribution in [1.82, 2.24) is 0 Å². The highest BCUT2D eigenvalue weighted by Crippen LogP contribution is 2.26. The topological polar surface area (TPSA) is 63.4 Å². The fourth-order valence-electron chi connectivity index (χ4n) is 1.79. The van der Waals surface area contributed by atoms with E-state index in [0.717, 1.165) is 16.4 Å². The average molecular weight is 294 g/mol. The number of nitrogen functional groups attached to an aromatic ring is 1. The molecule has 0 bridgehead atoms. The molecule has 0 saturated carbocycles. The number of hydrogen-bond donors (Lipinski definition) is 1. The molecule has 2 aromatic carbocycles. The van der Waals surface area contributed by atoms with Crippen LogP contribution in [0.1, 0.15) is 5.56 Å². The molecule has 0 heterocycles. The first-order chi connectivity index (χ1) is 9.34. The van der Waals surface area contributed by atoms with Gasteiger partial charge in [0.25, 0.3) is 10.0 Å². The third-order valence-electron chi connectivity index (χ3n) is 3.08. The van der Waals surface area contributed by atoms with E-state index in [-0.39, 0.29) is 5.69 Å². The van der Waals surface area contributed by atoms with Crippen LogP contribution in [0.3, 0.4) is 0 Å². The quantitative estimate of drug-likeness (QED) is 0.885. The number of aryl methyl sites for hydroxylation is 1. The summed E-state index contributed by atoms with van der Waals surface area (Å²) in [5.41, 5.74) is 6.87. The van der Waals surface area contributed by atoms with Crippen molar-refractivity contribution < 1.29 is 12.8 Å². The summed E-state index contributed by atoms with van der Waals surface area (Å²) in [6.07, 6.45) is 0. The van der Waals surface area contributed by atoms with Gasteiger partial charge in [-0.25, -0.2) is 12.8 Å². The Morgan fingerprint density at radius 2 is 1.75 bits per heavy atom. The summed E-state index contributed by atoms with van der Waals surface area (Å²) in [6, 6.07) is 10.7. The molecule has 4 nitrogen and oxygen atoms in total. The Hall–Kier alpha value is -2.08. The molecule has 2 rings (SSSR count). The van der Waals surface area contributed by atoms with E-state index in [2.05, 4.69) is 0 Å². The Kier molecular flexibility index (Phi) is 3.67. The van der Waals surface area contributed by atoms with Crippen molar-refractivity contribution >= 4 is 21.4 Å². The Bertz CT molecular complexity index is 730. The van der Waals surface area contributed by atoms with Gasteiger partial charge >= 0.3 is 0 Å². The summed E-state index contributed by atoms with van der Waals surface area (Å²) >= 11 is 0. The van der Waals surface area contributed by atoms with E-state index in [4.69, 9.17) is 5.73 Å². The molecule has 0 spiro atoms. The van der Waals surface area contributed by atoms with Crippen LogP contribution in [0.15, 0.2) is 47.4 Å². The lowest BCUT2D eigenvalue weighted by atomic mass is 10.2. The molecule has 0 aromatic heterocycles. The second kappa shape index (κ2) is 5.13. The lowest BCUT2D eigenvalue weighted by Gasteiger charge is -2.20. The molecule has 0 atom stereocenters. The SMILES string of the molecule is Cc1cc(F)c(S(=O)(=O)N(C)c2ccccc2)cc1N. The van der Waals surface area contributed by atoms with Crippen LogP contribution < -0.4 is 10.0 Å². The van der Waals surface area contributed by atoms with E-state index < -0.39 is 20.7 Å². The van der Waals surface area contributed by atoms with E-state index in [9.17, 15) is 12.8 Å². The van der Waals surface area contributed by atoms with Gasteiger partial charge in [0.1, 0.15) is 10.7 Å². The van der Waals surface area contributed by atoms with Gasteiger partial charge in [-0.15, -0.1) is 0 Å². The highest BCUT2D eigenvalue weighted by molar-refractivity contribution is 7.92. The van der Waals surface area contributed by atoms with Gasteiger partial charge in [0, 0.05) is 12.7 Å². The molecule has 2 N–H and O–H groups in total. The third-order valence-corrected chi connectivity index (χ3v) is 4.88. The number of para-hydroxylation sites is 1. The summed E-state index contributed by atoms with van der Waals surface area (Å²) in [6.45, 7) is 1.62. The zero-order valence-electron chi connectivity index (χ0n) is 11.2. The maximum atomic E-state index is 13.9. The summed E-state index contributed by atoms with van der Waals surface area (Å²) in [4.78, 5) is -0.424. The minimum absolute atomic E-state index is 0.242. The maximum absolute atomic E-state index is 13.9. The fourth-order valence-corrected chi connectivity index (χ4v) is 3.07. The molecule has 0 unspecified atom stereocenters. The molecule has 6 heteroatoms. The molecular weight excluding hydrogens is 279 g/mol. The zero-order chi connectivity index (χ0) is 14.9. The highest BCUT2D eigenvalue weighted by Gasteiger charge is 2.25. The first-order valence-corrected chi connectivity index (χ1v) is 7.37.